The number of halogens is 1. The number of hydrogen-bond donors (Lipinski definition) is 1. The Kier molecular flexibility index (Phi) is 3.83. The molecule has 0 radical (unpaired) electrons. The molecule has 1 heterocycles. The maximum absolute atomic E-state index is 13.3. The second-order valence-electron chi connectivity index (χ2n) is 5.57. The Hall–Kier alpha value is -1.35. The van der Waals surface area contributed by atoms with E-state index in [1.807, 2.05) is 18.3 Å². The molecule has 102 valence electrons. The number of benzene rings is 1. The Balaban J connectivity index is 1.54. The summed E-state index contributed by atoms with van der Waals surface area (Å²) in [6, 6.07) is 7.02. The van der Waals surface area contributed by atoms with Crippen LogP contribution in [0.1, 0.15) is 25.7 Å². The predicted molar refractivity (Wildman–Crippen MR) is 76.7 cm³/mol. The molecule has 0 atom stereocenters. The lowest BCUT2D eigenvalue weighted by molar-refractivity contribution is 0.478. The second kappa shape index (κ2) is 5.74. The van der Waals surface area contributed by atoms with E-state index in [0.717, 1.165) is 36.5 Å². The summed E-state index contributed by atoms with van der Waals surface area (Å²) in [6.45, 7) is 2.99. The largest absolute Gasteiger partial charge is 0.346 e. The molecule has 1 N–H and O–H groups in total. The highest BCUT2D eigenvalue weighted by atomic mass is 19.1. The molecule has 1 aliphatic rings. The van der Waals surface area contributed by atoms with Crippen LogP contribution in [-0.4, -0.2) is 17.7 Å². The zero-order valence-electron chi connectivity index (χ0n) is 11.2. The normalized spacial score (nSPS) is 16.5. The highest BCUT2D eigenvalue weighted by Gasteiger charge is 2.13. The van der Waals surface area contributed by atoms with Crippen molar-refractivity contribution < 1.29 is 4.39 Å². The lowest BCUT2D eigenvalue weighted by atomic mass is 10.1. The average Bonchev–Trinajstić information content (AvgIpc) is 3.04. The van der Waals surface area contributed by atoms with E-state index in [-0.39, 0.29) is 5.82 Å². The van der Waals surface area contributed by atoms with Gasteiger partial charge in [-0.2, -0.15) is 0 Å². The van der Waals surface area contributed by atoms with Gasteiger partial charge < -0.3 is 9.88 Å². The van der Waals surface area contributed by atoms with Crippen molar-refractivity contribution in [1.82, 2.24) is 9.88 Å². The van der Waals surface area contributed by atoms with Gasteiger partial charge in [-0.25, -0.2) is 4.39 Å². The van der Waals surface area contributed by atoms with Gasteiger partial charge in [-0.05, 0) is 55.0 Å². The lowest BCUT2D eigenvalue weighted by Crippen LogP contribution is -2.25. The van der Waals surface area contributed by atoms with E-state index in [0.29, 0.717) is 0 Å². The second-order valence-corrected chi connectivity index (χ2v) is 5.57. The number of rotatable bonds is 5. The molecule has 1 aromatic heterocycles. The first-order chi connectivity index (χ1) is 9.33. The molecule has 3 heteroatoms. The zero-order valence-corrected chi connectivity index (χ0v) is 11.2. The molecular weight excluding hydrogens is 239 g/mol. The molecule has 3 rings (SSSR count). The van der Waals surface area contributed by atoms with E-state index in [4.69, 9.17) is 0 Å². The van der Waals surface area contributed by atoms with Gasteiger partial charge in [-0.3, -0.25) is 0 Å². The predicted octanol–water partition coefficient (Wildman–Crippen LogP) is 3.56. The molecule has 1 aliphatic carbocycles. The summed E-state index contributed by atoms with van der Waals surface area (Å²) in [4.78, 5) is 0. The molecule has 1 fully saturated rings. The minimum Gasteiger partial charge on any atom is -0.346 e. The Morgan fingerprint density at radius 2 is 2.05 bits per heavy atom. The summed E-state index contributed by atoms with van der Waals surface area (Å²) in [5, 5.41) is 4.64. The molecule has 0 amide bonds. The van der Waals surface area contributed by atoms with Crippen LogP contribution >= 0.6 is 0 Å². The van der Waals surface area contributed by atoms with Crippen molar-refractivity contribution in [2.75, 3.05) is 13.1 Å². The summed E-state index contributed by atoms with van der Waals surface area (Å²) in [7, 11) is 0. The minimum atomic E-state index is -0.161. The summed E-state index contributed by atoms with van der Waals surface area (Å²) in [6.07, 6.45) is 7.60. The fourth-order valence-electron chi connectivity index (χ4n) is 3.07. The van der Waals surface area contributed by atoms with Crippen LogP contribution in [0.2, 0.25) is 0 Å². The highest BCUT2D eigenvalue weighted by molar-refractivity contribution is 5.80. The van der Waals surface area contributed by atoms with Gasteiger partial charge in [0.2, 0.25) is 0 Å². The molecule has 0 spiro atoms. The van der Waals surface area contributed by atoms with Gasteiger partial charge in [-0.15, -0.1) is 0 Å². The number of fused-ring (bicyclic) bond motifs is 1. The summed E-state index contributed by atoms with van der Waals surface area (Å²) in [5.41, 5.74) is 0.989. The van der Waals surface area contributed by atoms with Gasteiger partial charge in [-0.1, -0.05) is 12.8 Å². The van der Waals surface area contributed by atoms with Gasteiger partial charge in [0.25, 0.3) is 0 Å². The first kappa shape index (κ1) is 12.7. The van der Waals surface area contributed by atoms with Crippen molar-refractivity contribution in [2.24, 2.45) is 5.92 Å². The first-order valence-corrected chi connectivity index (χ1v) is 7.28. The molecule has 19 heavy (non-hydrogen) atoms. The standard InChI is InChI=1S/C16H21FN2/c17-15-6-5-14-7-9-19(16(14)11-15)10-8-18-12-13-3-1-2-4-13/h5-7,9,11,13,18H,1-4,8,10,12H2. The Morgan fingerprint density at radius 3 is 2.89 bits per heavy atom. The van der Waals surface area contributed by atoms with E-state index in [9.17, 15) is 4.39 Å². The summed E-state index contributed by atoms with van der Waals surface area (Å²) in [5.74, 6) is 0.713. The smallest absolute Gasteiger partial charge is 0.125 e. The van der Waals surface area contributed by atoms with Crippen LogP contribution < -0.4 is 5.32 Å². The van der Waals surface area contributed by atoms with E-state index in [2.05, 4.69) is 9.88 Å². The van der Waals surface area contributed by atoms with Crippen molar-refractivity contribution in [3.05, 3.63) is 36.3 Å². The third-order valence-electron chi connectivity index (χ3n) is 4.17. The van der Waals surface area contributed by atoms with Crippen LogP contribution in [-0.2, 0) is 6.54 Å². The maximum atomic E-state index is 13.3. The van der Waals surface area contributed by atoms with Gasteiger partial charge in [0, 0.05) is 19.3 Å². The molecule has 0 saturated heterocycles. The van der Waals surface area contributed by atoms with E-state index in [1.165, 1.54) is 31.7 Å². The number of aromatic nitrogens is 1. The van der Waals surface area contributed by atoms with Crippen LogP contribution in [0.25, 0.3) is 10.9 Å². The number of hydrogen-bond acceptors (Lipinski definition) is 1. The molecule has 1 aromatic carbocycles. The van der Waals surface area contributed by atoms with Crippen molar-refractivity contribution in [3.63, 3.8) is 0 Å². The van der Waals surface area contributed by atoms with Gasteiger partial charge in [0.15, 0.2) is 0 Å². The minimum absolute atomic E-state index is 0.161. The Labute approximate surface area is 113 Å². The van der Waals surface area contributed by atoms with E-state index < -0.39 is 0 Å². The molecule has 1 saturated carbocycles. The number of nitrogens with one attached hydrogen (secondary N) is 1. The van der Waals surface area contributed by atoms with Crippen LogP contribution in [0.5, 0.6) is 0 Å². The fourth-order valence-corrected chi connectivity index (χ4v) is 3.07. The zero-order chi connectivity index (χ0) is 13.1. The molecule has 0 aliphatic heterocycles. The molecule has 0 unspecified atom stereocenters. The maximum Gasteiger partial charge on any atom is 0.125 e. The molecule has 2 aromatic rings. The van der Waals surface area contributed by atoms with Gasteiger partial charge in [0.1, 0.15) is 5.82 Å². The quantitative estimate of drug-likeness (QED) is 0.813. The average molecular weight is 260 g/mol. The topological polar surface area (TPSA) is 17.0 Å². The van der Waals surface area contributed by atoms with E-state index >= 15 is 0 Å². The van der Waals surface area contributed by atoms with Crippen LogP contribution in [0.3, 0.4) is 0 Å². The van der Waals surface area contributed by atoms with Crippen LogP contribution in [0, 0.1) is 11.7 Å². The molecule has 0 bridgehead atoms. The number of nitrogens with zero attached hydrogens (tertiary/aromatic N) is 1. The third kappa shape index (κ3) is 2.98. The monoisotopic (exact) mass is 260 g/mol. The lowest BCUT2D eigenvalue weighted by Gasteiger charge is -2.11. The van der Waals surface area contributed by atoms with Crippen molar-refractivity contribution in [2.45, 2.75) is 32.2 Å². The third-order valence-corrected chi connectivity index (χ3v) is 4.17. The highest BCUT2D eigenvalue weighted by Crippen LogP contribution is 2.23. The Bertz CT molecular complexity index is 541. The fraction of sp³-hybridized carbons (Fsp3) is 0.500. The van der Waals surface area contributed by atoms with Crippen molar-refractivity contribution in [1.29, 1.82) is 0 Å². The SMILES string of the molecule is Fc1ccc2ccn(CCNCC3CCCC3)c2c1. The van der Waals surface area contributed by atoms with Crippen molar-refractivity contribution in [3.8, 4) is 0 Å². The van der Waals surface area contributed by atoms with Crippen LogP contribution in [0.4, 0.5) is 4.39 Å². The Morgan fingerprint density at radius 1 is 1.21 bits per heavy atom. The van der Waals surface area contributed by atoms with Gasteiger partial charge in [0.05, 0.1) is 5.52 Å². The first-order valence-electron chi connectivity index (χ1n) is 7.28. The summed E-state index contributed by atoms with van der Waals surface area (Å²) >= 11 is 0. The van der Waals surface area contributed by atoms with Crippen LogP contribution in [0.15, 0.2) is 30.5 Å². The van der Waals surface area contributed by atoms with Crippen molar-refractivity contribution >= 4 is 10.9 Å². The van der Waals surface area contributed by atoms with Gasteiger partial charge >= 0.3 is 0 Å². The molecular formula is C16H21FN2. The van der Waals surface area contributed by atoms with E-state index in [1.54, 1.807) is 6.07 Å². The molecule has 2 nitrogen and oxygen atoms in total. The summed E-state index contributed by atoms with van der Waals surface area (Å²) < 4.78 is 15.4.